The minimum atomic E-state index is -3.76. The largest absolute Gasteiger partial charge is 0.414 e. The minimum Gasteiger partial charge on any atom is -0.414 e. The first-order chi connectivity index (χ1) is 17.5. The van der Waals surface area contributed by atoms with Crippen LogP contribution >= 0.6 is 7.60 Å². The fraction of sp³-hybridized carbons (Fsp3) is 1.00. The molecule has 0 spiro atoms. The molecular formula is C27H61O9PSi3. The van der Waals surface area contributed by atoms with Crippen LogP contribution in [0, 0.1) is 0 Å². The van der Waals surface area contributed by atoms with Gasteiger partial charge in [0, 0.05) is 14.2 Å². The molecule has 1 heterocycles. The normalized spacial score (nSPS) is 26.8. The molecule has 1 saturated heterocycles. The van der Waals surface area contributed by atoms with E-state index in [2.05, 4.69) is 102 Å². The Labute approximate surface area is 247 Å². The van der Waals surface area contributed by atoms with Crippen molar-refractivity contribution < 1.29 is 41.8 Å². The van der Waals surface area contributed by atoms with Gasteiger partial charge < -0.3 is 37.3 Å². The third kappa shape index (κ3) is 8.81. The van der Waals surface area contributed by atoms with Crippen LogP contribution in [0.5, 0.6) is 0 Å². The van der Waals surface area contributed by atoms with E-state index in [1.54, 1.807) is 0 Å². The molecule has 0 saturated carbocycles. The lowest BCUT2D eigenvalue weighted by Crippen LogP contribution is -2.58. The van der Waals surface area contributed by atoms with Gasteiger partial charge in [-0.15, -0.1) is 0 Å². The van der Waals surface area contributed by atoms with E-state index in [0.717, 1.165) is 0 Å². The predicted molar refractivity (Wildman–Crippen MR) is 170 cm³/mol. The standard InChI is InChI=1S/C27H61O9PSi3/c1-24(2,3)38(12,13)33-18-20(28)21-22(35-39(14,15)25(4,5)6)23(36-40(16,17)26(7,8)9)27(29,34-21)19-37(30,31-10)32-11/h20-23,28-29H,18-19H2,1-17H3/t20-,21+,22+,23-,27?/m1/s1. The second-order valence-corrected chi connectivity index (χ2v) is 32.4. The number of hydrogen-bond donors (Lipinski definition) is 2. The topological polar surface area (TPSA) is 113 Å². The molecule has 40 heavy (non-hydrogen) atoms. The molecule has 1 aliphatic rings. The predicted octanol–water partition coefficient (Wildman–Crippen LogP) is 6.72. The van der Waals surface area contributed by atoms with E-state index < -0.39 is 68.9 Å². The Bertz CT molecular complexity index is 885. The molecule has 13 heteroatoms. The van der Waals surface area contributed by atoms with Crippen molar-refractivity contribution in [3.63, 3.8) is 0 Å². The van der Waals surface area contributed by atoms with E-state index in [-0.39, 0.29) is 21.7 Å². The maximum Gasteiger partial charge on any atom is 0.335 e. The van der Waals surface area contributed by atoms with Crippen LogP contribution < -0.4 is 0 Å². The molecule has 5 atom stereocenters. The first kappa shape index (κ1) is 38.6. The van der Waals surface area contributed by atoms with Crippen molar-refractivity contribution >= 4 is 32.5 Å². The van der Waals surface area contributed by atoms with Crippen LogP contribution in [0.25, 0.3) is 0 Å². The van der Waals surface area contributed by atoms with Crippen LogP contribution in [-0.4, -0.2) is 92.4 Å². The number of rotatable bonds is 12. The third-order valence-electron chi connectivity index (χ3n) is 9.65. The second-order valence-electron chi connectivity index (χ2n) is 15.8. The van der Waals surface area contributed by atoms with Gasteiger partial charge in [0.05, 0.1) is 6.61 Å². The Morgan fingerprint density at radius 3 is 1.57 bits per heavy atom. The van der Waals surface area contributed by atoms with E-state index in [0.29, 0.717) is 0 Å². The zero-order valence-electron chi connectivity index (χ0n) is 28.4. The van der Waals surface area contributed by atoms with Crippen molar-refractivity contribution in [2.45, 2.75) is 147 Å². The summed E-state index contributed by atoms with van der Waals surface area (Å²) in [5, 5.41) is 23.3. The van der Waals surface area contributed by atoms with Crippen LogP contribution in [0.1, 0.15) is 62.3 Å². The maximum absolute atomic E-state index is 13.4. The van der Waals surface area contributed by atoms with Crippen LogP contribution in [0.15, 0.2) is 0 Å². The molecule has 1 unspecified atom stereocenters. The molecule has 0 aromatic rings. The Kier molecular flexibility index (Phi) is 12.1. The highest BCUT2D eigenvalue weighted by molar-refractivity contribution is 7.53. The van der Waals surface area contributed by atoms with Gasteiger partial charge in [0.1, 0.15) is 30.6 Å². The quantitative estimate of drug-likeness (QED) is 0.177. The van der Waals surface area contributed by atoms with E-state index in [1.165, 1.54) is 14.2 Å². The molecule has 0 aromatic heterocycles. The average Bonchev–Trinajstić information content (AvgIpc) is 3.00. The van der Waals surface area contributed by atoms with E-state index in [9.17, 15) is 14.8 Å². The summed E-state index contributed by atoms with van der Waals surface area (Å²) in [6.07, 6.45) is -4.50. The van der Waals surface area contributed by atoms with E-state index in [1.807, 2.05) is 0 Å². The van der Waals surface area contributed by atoms with Crippen LogP contribution in [-0.2, 0) is 31.6 Å². The zero-order valence-corrected chi connectivity index (χ0v) is 32.3. The molecule has 0 aliphatic carbocycles. The van der Waals surface area contributed by atoms with Gasteiger partial charge in [0.2, 0.25) is 5.79 Å². The van der Waals surface area contributed by atoms with Gasteiger partial charge >= 0.3 is 7.60 Å². The van der Waals surface area contributed by atoms with Gasteiger partial charge in [-0.3, -0.25) is 4.57 Å². The molecule has 1 fully saturated rings. The lowest BCUT2D eigenvalue weighted by Gasteiger charge is -2.45. The van der Waals surface area contributed by atoms with Crippen molar-refractivity contribution in [3.05, 3.63) is 0 Å². The summed E-state index contributed by atoms with van der Waals surface area (Å²) in [4.78, 5) is 0. The molecule has 240 valence electrons. The van der Waals surface area contributed by atoms with Gasteiger partial charge in [-0.25, -0.2) is 0 Å². The van der Waals surface area contributed by atoms with Gasteiger partial charge in [0.15, 0.2) is 25.0 Å². The third-order valence-corrected chi connectivity index (χ3v) is 25.0. The van der Waals surface area contributed by atoms with Crippen molar-refractivity contribution in [1.29, 1.82) is 0 Å². The van der Waals surface area contributed by atoms with E-state index >= 15 is 0 Å². The van der Waals surface area contributed by atoms with E-state index in [4.69, 9.17) is 27.1 Å². The van der Waals surface area contributed by atoms with Crippen LogP contribution in [0.4, 0.5) is 0 Å². The van der Waals surface area contributed by atoms with Crippen molar-refractivity contribution in [2.75, 3.05) is 27.0 Å². The summed E-state index contributed by atoms with van der Waals surface area (Å²) in [5.41, 5.74) is 0. The summed E-state index contributed by atoms with van der Waals surface area (Å²) in [7, 11) is -8.43. The van der Waals surface area contributed by atoms with Crippen LogP contribution in [0.2, 0.25) is 54.4 Å². The Morgan fingerprint density at radius 2 is 1.20 bits per heavy atom. The molecule has 2 N–H and O–H groups in total. The zero-order chi connectivity index (χ0) is 32.0. The first-order valence-corrected chi connectivity index (χ1v) is 24.7. The number of ether oxygens (including phenoxy) is 1. The smallest absolute Gasteiger partial charge is 0.335 e. The molecule has 1 aliphatic heterocycles. The number of aliphatic hydroxyl groups excluding tert-OH is 1. The summed E-state index contributed by atoms with van der Waals surface area (Å²) < 4.78 is 50.2. The van der Waals surface area contributed by atoms with Crippen LogP contribution in [0.3, 0.4) is 0 Å². The fourth-order valence-corrected chi connectivity index (χ4v) is 8.44. The Balaban J connectivity index is 3.72. The van der Waals surface area contributed by atoms with Gasteiger partial charge in [0.25, 0.3) is 0 Å². The molecule has 0 bridgehead atoms. The molecule has 0 amide bonds. The van der Waals surface area contributed by atoms with Crippen molar-refractivity contribution in [2.24, 2.45) is 0 Å². The molecular weight excluding hydrogens is 584 g/mol. The SMILES string of the molecule is COP(=O)(CC1(O)O[C@@H]([C@H](O)CO[Si](C)(C)C(C)(C)C)[C@H](O[Si](C)(C)C(C)(C)C)[C@H]1O[Si](C)(C)C(C)(C)C)OC. The van der Waals surface area contributed by atoms with Crippen molar-refractivity contribution in [1.82, 2.24) is 0 Å². The lowest BCUT2D eigenvalue weighted by atomic mass is 10.0. The highest BCUT2D eigenvalue weighted by atomic mass is 31.2. The minimum absolute atomic E-state index is 0.00757. The maximum atomic E-state index is 13.4. The molecule has 0 radical (unpaired) electrons. The molecule has 1 rings (SSSR count). The molecule has 9 nitrogen and oxygen atoms in total. The molecule has 0 aromatic carbocycles. The second kappa shape index (κ2) is 12.5. The van der Waals surface area contributed by atoms with Crippen molar-refractivity contribution in [3.8, 4) is 0 Å². The fourth-order valence-electron chi connectivity index (χ4n) is 3.61. The Morgan fingerprint density at radius 1 is 0.800 bits per heavy atom. The number of aliphatic hydroxyl groups is 2. The average molecular weight is 645 g/mol. The summed E-state index contributed by atoms with van der Waals surface area (Å²) in [5.74, 6) is -2.10. The monoisotopic (exact) mass is 644 g/mol. The van der Waals surface area contributed by atoms with Gasteiger partial charge in [-0.1, -0.05) is 62.3 Å². The summed E-state index contributed by atoms with van der Waals surface area (Å²) in [6.45, 7) is 31.7. The summed E-state index contributed by atoms with van der Waals surface area (Å²) in [6, 6.07) is 0. The highest BCUT2D eigenvalue weighted by Crippen LogP contribution is 2.54. The highest BCUT2D eigenvalue weighted by Gasteiger charge is 2.63. The van der Waals surface area contributed by atoms with Gasteiger partial charge in [-0.05, 0) is 54.4 Å². The Hall–Kier alpha value is 0.561. The van der Waals surface area contributed by atoms with Gasteiger partial charge in [-0.2, -0.15) is 0 Å². The first-order valence-electron chi connectivity index (χ1n) is 14.3. The number of hydrogen-bond acceptors (Lipinski definition) is 9. The lowest BCUT2D eigenvalue weighted by molar-refractivity contribution is -0.222. The summed E-state index contributed by atoms with van der Waals surface area (Å²) >= 11 is 0.